The lowest BCUT2D eigenvalue weighted by atomic mass is 10.2. The van der Waals surface area contributed by atoms with E-state index >= 15 is 0 Å². The summed E-state index contributed by atoms with van der Waals surface area (Å²) >= 11 is 1.77. The number of nitrogens with zero attached hydrogens (tertiary/aromatic N) is 4. The number of nitrogens with one attached hydrogen (secondary N) is 2. The number of aromatic nitrogens is 3. The fourth-order valence-electron chi connectivity index (χ4n) is 2.90. The molecule has 2 N–H and O–H groups in total. The summed E-state index contributed by atoms with van der Waals surface area (Å²) in [5, 5.41) is 17.5. The van der Waals surface area contributed by atoms with E-state index in [1.165, 1.54) is 29.7 Å². The standard InChI is InChI=1S/C17H26N6S/c1-3-18-17(19-11-14-13(2)8-10-24-14)20-12-16-22-21-15-7-5-4-6-9-23(15)16/h8,10H,3-7,9,11-12H2,1-2H3,(H2,18,19,20). The van der Waals surface area contributed by atoms with Gasteiger partial charge in [-0.25, -0.2) is 4.99 Å². The number of hydrogen-bond donors (Lipinski definition) is 2. The van der Waals surface area contributed by atoms with E-state index in [2.05, 4.69) is 50.7 Å². The number of aryl methyl sites for hydroxylation is 2. The molecule has 0 saturated heterocycles. The third kappa shape index (κ3) is 4.14. The van der Waals surface area contributed by atoms with Crippen molar-refractivity contribution in [3.63, 3.8) is 0 Å². The normalized spacial score (nSPS) is 15.0. The predicted octanol–water partition coefficient (Wildman–Crippen LogP) is 2.63. The molecule has 0 aliphatic carbocycles. The topological polar surface area (TPSA) is 67.1 Å². The van der Waals surface area contributed by atoms with Gasteiger partial charge >= 0.3 is 0 Å². The van der Waals surface area contributed by atoms with Crippen LogP contribution in [0.5, 0.6) is 0 Å². The fraction of sp³-hybridized carbons (Fsp3) is 0.588. The Kier molecular flexibility index (Phi) is 5.85. The summed E-state index contributed by atoms with van der Waals surface area (Å²) in [7, 11) is 0. The summed E-state index contributed by atoms with van der Waals surface area (Å²) in [6, 6.07) is 2.15. The molecule has 0 atom stereocenters. The van der Waals surface area contributed by atoms with Crippen LogP contribution in [0.2, 0.25) is 0 Å². The highest BCUT2D eigenvalue weighted by molar-refractivity contribution is 7.10. The van der Waals surface area contributed by atoms with Crippen molar-refractivity contribution in [1.29, 1.82) is 0 Å². The lowest BCUT2D eigenvalue weighted by molar-refractivity contribution is 0.605. The molecule has 1 aliphatic heterocycles. The summed E-state index contributed by atoms with van der Waals surface area (Å²) in [4.78, 5) is 6.04. The van der Waals surface area contributed by atoms with Gasteiger partial charge < -0.3 is 15.2 Å². The summed E-state index contributed by atoms with van der Waals surface area (Å²) in [6.45, 7) is 7.44. The van der Waals surface area contributed by atoms with Crippen molar-refractivity contribution < 1.29 is 0 Å². The van der Waals surface area contributed by atoms with Gasteiger partial charge in [-0.2, -0.15) is 0 Å². The number of hydrogen-bond acceptors (Lipinski definition) is 4. The molecule has 0 saturated carbocycles. The van der Waals surface area contributed by atoms with E-state index in [1.54, 1.807) is 11.3 Å². The second kappa shape index (κ2) is 8.28. The largest absolute Gasteiger partial charge is 0.357 e. The molecule has 1 aliphatic rings. The van der Waals surface area contributed by atoms with Crippen molar-refractivity contribution in [1.82, 2.24) is 25.4 Å². The number of thiophene rings is 1. The van der Waals surface area contributed by atoms with E-state index in [0.29, 0.717) is 6.54 Å². The highest BCUT2D eigenvalue weighted by Crippen LogP contribution is 2.16. The van der Waals surface area contributed by atoms with Crippen LogP contribution in [0, 0.1) is 6.92 Å². The summed E-state index contributed by atoms with van der Waals surface area (Å²) < 4.78 is 2.25. The van der Waals surface area contributed by atoms with Gasteiger partial charge in [-0.3, -0.25) is 0 Å². The van der Waals surface area contributed by atoms with Crippen LogP contribution >= 0.6 is 11.3 Å². The van der Waals surface area contributed by atoms with Crippen LogP contribution in [0.25, 0.3) is 0 Å². The average Bonchev–Trinajstić information content (AvgIpc) is 3.08. The van der Waals surface area contributed by atoms with Crippen molar-refractivity contribution in [2.75, 3.05) is 6.54 Å². The van der Waals surface area contributed by atoms with E-state index in [0.717, 1.165) is 43.7 Å². The summed E-state index contributed by atoms with van der Waals surface area (Å²) in [5.41, 5.74) is 1.33. The molecule has 130 valence electrons. The molecule has 7 heteroatoms. The Hall–Kier alpha value is -1.89. The van der Waals surface area contributed by atoms with Crippen LogP contribution in [0.3, 0.4) is 0 Å². The average molecular weight is 347 g/mol. The van der Waals surface area contributed by atoms with Gasteiger partial charge in [-0.05, 0) is 43.7 Å². The van der Waals surface area contributed by atoms with Crippen LogP contribution in [0.4, 0.5) is 0 Å². The van der Waals surface area contributed by atoms with Gasteiger partial charge in [0.1, 0.15) is 12.4 Å². The molecule has 2 aromatic heterocycles. The molecule has 0 radical (unpaired) electrons. The zero-order valence-corrected chi connectivity index (χ0v) is 15.3. The lowest BCUT2D eigenvalue weighted by Gasteiger charge is -2.11. The lowest BCUT2D eigenvalue weighted by Crippen LogP contribution is -2.36. The number of guanidine groups is 1. The molecule has 3 heterocycles. The van der Waals surface area contributed by atoms with Crippen LogP contribution < -0.4 is 10.6 Å². The van der Waals surface area contributed by atoms with Gasteiger partial charge in [0.2, 0.25) is 0 Å². The van der Waals surface area contributed by atoms with Crippen molar-refractivity contribution in [3.8, 4) is 0 Å². The molecule has 0 amide bonds. The van der Waals surface area contributed by atoms with Gasteiger partial charge in [0.05, 0.1) is 6.54 Å². The quantitative estimate of drug-likeness (QED) is 0.645. The molecule has 24 heavy (non-hydrogen) atoms. The highest BCUT2D eigenvalue weighted by Gasteiger charge is 2.14. The maximum Gasteiger partial charge on any atom is 0.191 e. The van der Waals surface area contributed by atoms with E-state index in [-0.39, 0.29) is 0 Å². The number of rotatable bonds is 5. The molecule has 0 aromatic carbocycles. The maximum atomic E-state index is 4.70. The molecule has 6 nitrogen and oxygen atoms in total. The maximum absolute atomic E-state index is 4.70. The van der Waals surface area contributed by atoms with Crippen LogP contribution in [-0.2, 0) is 26.1 Å². The molecule has 0 fully saturated rings. The van der Waals surface area contributed by atoms with E-state index in [1.807, 2.05) is 0 Å². The first-order valence-corrected chi connectivity index (χ1v) is 9.62. The van der Waals surface area contributed by atoms with Crippen molar-refractivity contribution in [2.45, 2.75) is 59.2 Å². The highest BCUT2D eigenvalue weighted by atomic mass is 32.1. The molecular weight excluding hydrogens is 320 g/mol. The number of fused-ring (bicyclic) bond motifs is 1. The Morgan fingerprint density at radius 2 is 2.21 bits per heavy atom. The van der Waals surface area contributed by atoms with E-state index in [9.17, 15) is 0 Å². The molecule has 3 rings (SSSR count). The third-order valence-electron chi connectivity index (χ3n) is 4.29. The Balaban J connectivity index is 1.65. The minimum atomic E-state index is 0.561. The minimum absolute atomic E-state index is 0.561. The Labute approximate surface area is 147 Å². The van der Waals surface area contributed by atoms with Crippen LogP contribution in [0.1, 0.15) is 48.3 Å². The zero-order valence-electron chi connectivity index (χ0n) is 14.5. The van der Waals surface area contributed by atoms with Crippen LogP contribution in [0.15, 0.2) is 16.4 Å². The molecule has 0 spiro atoms. The third-order valence-corrected chi connectivity index (χ3v) is 5.32. The van der Waals surface area contributed by atoms with Crippen molar-refractivity contribution in [2.24, 2.45) is 4.99 Å². The fourth-order valence-corrected chi connectivity index (χ4v) is 3.75. The smallest absolute Gasteiger partial charge is 0.191 e. The SMILES string of the molecule is CCNC(=NCc1nnc2n1CCCCC2)NCc1sccc1C. The Morgan fingerprint density at radius 3 is 3.00 bits per heavy atom. The Morgan fingerprint density at radius 1 is 1.29 bits per heavy atom. The molecule has 0 unspecified atom stereocenters. The number of aliphatic imine (C=N–C) groups is 1. The first-order valence-electron chi connectivity index (χ1n) is 8.74. The van der Waals surface area contributed by atoms with Gasteiger partial charge in [-0.15, -0.1) is 21.5 Å². The second-order valence-electron chi connectivity index (χ2n) is 6.07. The van der Waals surface area contributed by atoms with Crippen LogP contribution in [-0.4, -0.2) is 27.3 Å². The van der Waals surface area contributed by atoms with E-state index < -0.39 is 0 Å². The predicted molar refractivity (Wildman–Crippen MR) is 98.3 cm³/mol. The Bertz CT molecular complexity index is 687. The van der Waals surface area contributed by atoms with Crippen molar-refractivity contribution in [3.05, 3.63) is 33.5 Å². The van der Waals surface area contributed by atoms with Gasteiger partial charge in [0.15, 0.2) is 11.8 Å². The summed E-state index contributed by atoms with van der Waals surface area (Å²) in [5.74, 6) is 2.91. The minimum Gasteiger partial charge on any atom is -0.357 e. The van der Waals surface area contributed by atoms with E-state index in [4.69, 9.17) is 4.99 Å². The summed E-state index contributed by atoms with van der Waals surface area (Å²) in [6.07, 6.45) is 4.73. The molecular formula is C17H26N6S. The monoisotopic (exact) mass is 346 g/mol. The molecule has 0 bridgehead atoms. The van der Waals surface area contributed by atoms with Gasteiger partial charge in [0.25, 0.3) is 0 Å². The zero-order chi connectivity index (χ0) is 16.8. The second-order valence-corrected chi connectivity index (χ2v) is 7.07. The first-order chi connectivity index (χ1) is 11.8. The van der Waals surface area contributed by atoms with Gasteiger partial charge in [-0.1, -0.05) is 6.42 Å². The van der Waals surface area contributed by atoms with Crippen molar-refractivity contribution >= 4 is 17.3 Å². The van der Waals surface area contributed by atoms with Gasteiger partial charge in [0, 0.05) is 24.4 Å². The first kappa shape index (κ1) is 17.0. The molecule has 2 aromatic rings.